The third kappa shape index (κ3) is 17.1. The Morgan fingerprint density at radius 1 is 0.396 bits per heavy atom. The van der Waals surface area contributed by atoms with Crippen LogP contribution < -0.4 is 9.13 Å². The monoisotopic (exact) mass is 929 g/mol. The fourth-order valence-corrected chi connectivity index (χ4v) is 4.68. The Morgan fingerprint density at radius 2 is 0.660 bits per heavy atom. The zero-order chi connectivity index (χ0) is 39.6. The number of aromatic nitrogens is 2. The molecule has 0 N–H and O–H groups in total. The number of alkyl halides is 2. The van der Waals surface area contributed by atoms with E-state index in [1.165, 1.54) is 33.0 Å². The van der Waals surface area contributed by atoms with E-state index < -0.39 is 0 Å². The van der Waals surface area contributed by atoms with Gasteiger partial charge in [0.1, 0.15) is 11.0 Å². The molecule has 2 aromatic heterocycles. The van der Waals surface area contributed by atoms with Gasteiger partial charge in [0.2, 0.25) is 0 Å². The van der Waals surface area contributed by atoms with Crippen molar-refractivity contribution < 1.29 is 75.6 Å². The molecule has 0 bridgehead atoms. The van der Waals surface area contributed by atoms with Crippen molar-refractivity contribution >= 4 is 21.8 Å². The van der Waals surface area contributed by atoms with Gasteiger partial charge in [-0.2, -0.15) is 72.8 Å². The van der Waals surface area contributed by atoms with E-state index in [0.29, 0.717) is 14.4 Å². The van der Waals surface area contributed by atoms with E-state index in [1.54, 1.807) is 0 Å². The minimum absolute atomic E-state index is 0. The number of halogens is 10. The molecule has 13 heteroatoms. The summed E-state index contributed by atoms with van der Waals surface area (Å²) in [5.41, 5.74) is 6.94. The van der Waals surface area contributed by atoms with Gasteiger partial charge < -0.3 is 9.13 Å². The first-order valence-corrected chi connectivity index (χ1v) is 14.5. The van der Waals surface area contributed by atoms with Crippen LogP contribution in [-0.2, 0) is 21.1 Å². The summed E-state index contributed by atoms with van der Waals surface area (Å²) in [6.07, 6.45) is 4.05. The zero-order valence-corrected chi connectivity index (χ0v) is 30.7. The molecular weight excluding hydrogens is 894 g/mol. The van der Waals surface area contributed by atoms with Crippen LogP contribution >= 0.6 is 0 Å². The SMILES string of the molecule is CF.CF.FF.FF.FF.FF.[CH2-][n+]1ccc(-c2ccccc2)c2ccc3c(-c4ccccc4)cc[n+]([CH2-])c3c21.[Pt+4].[c-]1ccccc1.[c-]1ccccc1. The van der Waals surface area contributed by atoms with Crippen LogP contribution in [0.5, 0.6) is 0 Å². The second kappa shape index (κ2) is 35.1. The molecule has 5 aromatic carbocycles. The number of hydrogen-bond acceptors (Lipinski definition) is 0. The molecular formula is C40H36F10N2Pt+2. The molecule has 0 aliphatic heterocycles. The largest absolute Gasteiger partial charge is 4.00 e. The molecule has 7 aromatic rings. The zero-order valence-electron chi connectivity index (χ0n) is 28.4. The molecule has 0 radical (unpaired) electrons. The van der Waals surface area contributed by atoms with Crippen LogP contribution in [0.25, 0.3) is 44.1 Å². The van der Waals surface area contributed by atoms with Crippen molar-refractivity contribution in [2.75, 3.05) is 14.4 Å². The van der Waals surface area contributed by atoms with Gasteiger partial charge in [-0.1, -0.05) is 72.8 Å². The summed E-state index contributed by atoms with van der Waals surface area (Å²) in [4.78, 5) is 0. The van der Waals surface area contributed by atoms with Gasteiger partial charge in [-0.25, -0.2) is 0 Å². The first-order valence-electron chi connectivity index (χ1n) is 14.5. The molecule has 0 amide bonds. The normalized spacial score (nSPS) is 8.38. The Kier molecular flexibility index (Phi) is 34.4. The van der Waals surface area contributed by atoms with E-state index >= 15 is 0 Å². The number of nitrogens with zero attached hydrogens (tertiary/aromatic N) is 2. The Labute approximate surface area is 317 Å². The average Bonchev–Trinajstić information content (AvgIpc) is 3.27. The Bertz CT molecular complexity index is 1640. The maximum absolute atomic E-state index is 9.50. The van der Waals surface area contributed by atoms with Crippen LogP contribution in [0.4, 0.5) is 45.4 Å². The van der Waals surface area contributed by atoms with E-state index in [-0.39, 0.29) is 21.1 Å². The molecule has 0 unspecified atom stereocenters. The van der Waals surface area contributed by atoms with Crippen molar-refractivity contribution in [2.45, 2.75) is 0 Å². The van der Waals surface area contributed by atoms with E-state index in [2.05, 4.69) is 99.0 Å². The van der Waals surface area contributed by atoms with Crippen LogP contribution in [0.2, 0.25) is 0 Å². The van der Waals surface area contributed by atoms with Crippen LogP contribution in [-0.4, -0.2) is 14.4 Å². The summed E-state index contributed by atoms with van der Waals surface area (Å²) in [5, 5.41) is 2.33. The molecule has 0 fully saturated rings. The fraction of sp³-hybridized carbons (Fsp3) is 0.0500. The quantitative estimate of drug-likeness (QED) is 0.0706. The minimum atomic E-state index is 0. The number of hydrogen-bond donors (Lipinski definition) is 0. The predicted octanol–water partition coefficient (Wildman–Crippen LogP) is 12.7. The Morgan fingerprint density at radius 3 is 0.887 bits per heavy atom. The molecule has 0 atom stereocenters. The third-order valence-electron chi connectivity index (χ3n) is 6.53. The predicted molar refractivity (Wildman–Crippen MR) is 188 cm³/mol. The standard InChI is InChI=1S/C26H20N2.2C6H5.2CH3F.4F2.Pt/c1-27-17-15-21(19-9-5-3-6-10-19)23-13-14-24-22(20-11-7-4-8-12-20)16-18-28(2)26(24)25(23)27;2*1-2-4-6-5-3-1;6*1-2;/h3-18H,1-2H2;2*1-5H;2*1H3;;;;;/q;2*-1;;;;;;;+4. The minimum Gasteiger partial charge on any atom is -0.338 e. The van der Waals surface area contributed by atoms with Gasteiger partial charge in [-0.05, 0) is 45.2 Å². The van der Waals surface area contributed by atoms with E-state index in [0.717, 1.165) is 11.0 Å². The maximum Gasteiger partial charge on any atom is 4.00 e. The fourth-order valence-electron chi connectivity index (χ4n) is 4.68. The Balaban J connectivity index is -0.000000826. The van der Waals surface area contributed by atoms with Gasteiger partial charge in [-0.3, -0.25) is 8.78 Å². The first-order chi connectivity index (χ1) is 25.7. The van der Waals surface area contributed by atoms with Gasteiger partial charge in [0, 0.05) is 50.7 Å². The van der Waals surface area contributed by atoms with E-state index in [1.807, 2.05) is 94.3 Å². The number of benzene rings is 5. The van der Waals surface area contributed by atoms with Crippen molar-refractivity contribution in [2.24, 2.45) is 0 Å². The number of rotatable bonds is 2. The molecule has 53 heavy (non-hydrogen) atoms. The van der Waals surface area contributed by atoms with Gasteiger partial charge >= 0.3 is 21.1 Å². The van der Waals surface area contributed by atoms with Gasteiger partial charge in [-0.15, -0.1) is 0 Å². The summed E-state index contributed by atoms with van der Waals surface area (Å²) in [6, 6.07) is 54.6. The van der Waals surface area contributed by atoms with Crippen LogP contribution in [0.15, 0.2) is 158 Å². The smallest absolute Gasteiger partial charge is 0.338 e. The number of pyridine rings is 2. The second-order valence-corrected chi connectivity index (χ2v) is 9.14. The summed E-state index contributed by atoms with van der Waals surface area (Å²) in [6.45, 7) is 0. The topological polar surface area (TPSA) is 7.76 Å². The van der Waals surface area contributed by atoms with Crippen molar-refractivity contribution in [3.8, 4) is 22.3 Å². The van der Waals surface area contributed by atoms with Gasteiger partial charge in [0.05, 0.1) is 26.7 Å². The van der Waals surface area contributed by atoms with Crippen LogP contribution in [0, 0.1) is 26.2 Å². The van der Waals surface area contributed by atoms with Crippen molar-refractivity contribution in [3.05, 3.63) is 184 Å². The molecule has 0 aliphatic carbocycles. The molecule has 7 rings (SSSR count). The Hall–Kier alpha value is -5.35. The summed E-state index contributed by atoms with van der Waals surface area (Å²) in [7, 11) is 9.51. The molecule has 284 valence electrons. The summed E-state index contributed by atoms with van der Waals surface area (Å²) < 4.78 is 86.9. The van der Waals surface area contributed by atoms with Crippen molar-refractivity contribution in [1.29, 1.82) is 0 Å². The molecule has 0 saturated carbocycles. The molecule has 2 heterocycles. The van der Waals surface area contributed by atoms with E-state index in [4.69, 9.17) is 36.6 Å². The van der Waals surface area contributed by atoms with Gasteiger partial charge in [0.25, 0.3) is 0 Å². The molecule has 0 saturated heterocycles. The molecule has 2 nitrogen and oxygen atoms in total. The van der Waals surface area contributed by atoms with Gasteiger partial charge in [0.15, 0.2) is 0 Å². The summed E-state index contributed by atoms with van der Waals surface area (Å²) >= 11 is 0. The summed E-state index contributed by atoms with van der Waals surface area (Å²) in [5.74, 6) is 0. The van der Waals surface area contributed by atoms with Crippen molar-refractivity contribution in [3.63, 3.8) is 0 Å². The molecule has 0 spiro atoms. The van der Waals surface area contributed by atoms with Crippen molar-refractivity contribution in [1.82, 2.24) is 0 Å². The maximum atomic E-state index is 9.50. The second-order valence-electron chi connectivity index (χ2n) is 9.14. The molecule has 0 aliphatic rings. The third-order valence-corrected chi connectivity index (χ3v) is 6.53. The van der Waals surface area contributed by atoms with E-state index in [9.17, 15) is 8.78 Å². The first kappa shape index (κ1) is 52.0. The van der Waals surface area contributed by atoms with Crippen LogP contribution in [0.3, 0.4) is 0 Å². The van der Waals surface area contributed by atoms with Crippen LogP contribution in [0.1, 0.15) is 0 Å². The average molecular weight is 930 g/mol. The number of fused-ring (bicyclic) bond motifs is 3.